The van der Waals surface area contributed by atoms with E-state index in [2.05, 4.69) is 62.4 Å². The Kier molecular flexibility index (Phi) is 15.7. The number of amides is 2. The quantitative estimate of drug-likeness (QED) is 0.0434. The van der Waals surface area contributed by atoms with Gasteiger partial charge in [0, 0.05) is 62.3 Å². The van der Waals surface area contributed by atoms with E-state index in [4.69, 9.17) is 4.74 Å². The Balaban J connectivity index is 1.06. The number of hydrogen-bond donors (Lipinski definition) is 4. The van der Waals surface area contributed by atoms with Crippen molar-refractivity contribution in [2.24, 2.45) is 10.2 Å². The van der Waals surface area contributed by atoms with Crippen molar-refractivity contribution in [3.63, 3.8) is 0 Å². The second-order valence-electron chi connectivity index (χ2n) is 12.3. The summed E-state index contributed by atoms with van der Waals surface area (Å²) >= 11 is 0. The lowest BCUT2D eigenvalue weighted by molar-refractivity contribution is -0.384. The molecule has 4 rings (SSSR count). The van der Waals surface area contributed by atoms with Gasteiger partial charge in [-0.25, -0.2) is 9.78 Å². The number of nitrogens with one attached hydrogen (secondary N) is 3. The van der Waals surface area contributed by atoms with E-state index in [-0.39, 0.29) is 18.3 Å². The highest BCUT2D eigenvalue weighted by atomic mass is 16.6. The fraction of sp³-hybridized carbons (Fsp3) is 0.500. The molecule has 1 aromatic heterocycles. The first-order valence-electron chi connectivity index (χ1n) is 17.4. The lowest BCUT2D eigenvalue weighted by Gasteiger charge is -2.33. The number of nitrogens with zero attached hydrogens (tertiary/aromatic N) is 5. The second kappa shape index (κ2) is 20.7. The Morgan fingerprint density at radius 3 is 2.49 bits per heavy atom. The number of ether oxygens (including phenoxy) is 1. The van der Waals surface area contributed by atoms with Gasteiger partial charge >= 0.3 is 6.03 Å². The van der Waals surface area contributed by atoms with Crippen molar-refractivity contribution in [3.8, 4) is 5.75 Å². The number of carbonyl (C=O) groups is 1. The van der Waals surface area contributed by atoms with E-state index in [1.807, 2.05) is 4.90 Å². The molecule has 264 valence electrons. The number of benzene rings is 2. The number of aliphatic hydroxyl groups is 1. The Morgan fingerprint density at radius 1 is 1.02 bits per heavy atom. The number of carbonyl (C=O) groups excluding carboxylic acids is 1. The monoisotopic (exact) mass is 674 g/mol. The molecule has 2 heterocycles. The number of anilines is 1. The highest BCUT2D eigenvalue weighted by Gasteiger charge is 2.22. The zero-order chi connectivity index (χ0) is 34.7. The molecule has 1 aliphatic rings. The fourth-order valence-electron chi connectivity index (χ4n) is 5.49. The summed E-state index contributed by atoms with van der Waals surface area (Å²) in [7, 11) is 0. The van der Waals surface area contributed by atoms with Gasteiger partial charge in [0.1, 0.15) is 18.5 Å². The van der Waals surface area contributed by atoms with Crippen molar-refractivity contribution in [3.05, 3.63) is 82.5 Å². The number of rotatable bonds is 20. The van der Waals surface area contributed by atoms with Crippen molar-refractivity contribution in [2.75, 3.05) is 44.6 Å². The van der Waals surface area contributed by atoms with E-state index in [0.717, 1.165) is 51.0 Å². The van der Waals surface area contributed by atoms with Crippen LogP contribution in [0.25, 0.3) is 0 Å². The van der Waals surface area contributed by atoms with Crippen molar-refractivity contribution in [2.45, 2.75) is 76.9 Å². The smallest absolute Gasteiger partial charge is 0.317 e. The lowest BCUT2D eigenvalue weighted by Crippen LogP contribution is -2.47. The summed E-state index contributed by atoms with van der Waals surface area (Å²) < 4.78 is 5.71. The number of nitro groups is 1. The molecule has 0 saturated carbocycles. The number of nitro benzene ring substituents is 1. The number of likely N-dealkylation sites (tertiary alicyclic amines) is 1. The van der Waals surface area contributed by atoms with Crippen molar-refractivity contribution in [1.82, 2.24) is 20.5 Å². The summed E-state index contributed by atoms with van der Waals surface area (Å²) in [5, 5.41) is 39.3. The molecule has 0 radical (unpaired) electrons. The maximum absolute atomic E-state index is 12.5. The maximum atomic E-state index is 12.5. The molecule has 49 heavy (non-hydrogen) atoms. The van der Waals surface area contributed by atoms with Crippen LogP contribution in [-0.2, 0) is 6.42 Å². The maximum Gasteiger partial charge on any atom is 0.317 e. The summed E-state index contributed by atoms with van der Waals surface area (Å²) in [6.07, 6.45) is 10.8. The third kappa shape index (κ3) is 13.8. The van der Waals surface area contributed by atoms with Crippen LogP contribution in [0.5, 0.6) is 5.75 Å². The molecule has 0 aliphatic carbocycles. The molecule has 1 saturated heterocycles. The molecular formula is C36H50N8O5. The van der Waals surface area contributed by atoms with E-state index in [0.29, 0.717) is 36.4 Å². The van der Waals surface area contributed by atoms with Crippen molar-refractivity contribution in [1.29, 1.82) is 0 Å². The highest BCUT2D eigenvalue weighted by Crippen LogP contribution is 2.23. The molecule has 2 amide bonds. The van der Waals surface area contributed by atoms with Crippen LogP contribution < -0.4 is 20.7 Å². The molecule has 13 nitrogen and oxygen atoms in total. The normalized spacial score (nSPS) is 14.1. The van der Waals surface area contributed by atoms with Gasteiger partial charge in [-0.05, 0) is 68.1 Å². The Hall–Kier alpha value is -4.62. The molecular weight excluding hydrogens is 624 g/mol. The molecule has 1 aliphatic heterocycles. The fourth-order valence-corrected chi connectivity index (χ4v) is 5.49. The molecule has 4 N–H and O–H groups in total. The largest absolute Gasteiger partial charge is 0.491 e. The molecule has 1 atom stereocenters. The molecule has 0 bridgehead atoms. The second-order valence-corrected chi connectivity index (χ2v) is 12.3. The van der Waals surface area contributed by atoms with Gasteiger partial charge in [-0.1, -0.05) is 51.2 Å². The average Bonchev–Trinajstić information content (AvgIpc) is 3.12. The van der Waals surface area contributed by atoms with Crippen LogP contribution in [0.2, 0.25) is 0 Å². The SMILES string of the molecule is CCCCCCCCNC(=O)N1CCC(Nc2ccc(CCNC[C@H](O)COc3ccnc(N=Nc4ccc([N+](=O)[O-])cc4)c3)cc2)CC1. The van der Waals surface area contributed by atoms with Crippen LogP contribution in [0.3, 0.4) is 0 Å². The number of unbranched alkanes of at least 4 members (excludes halogenated alkanes) is 5. The van der Waals surface area contributed by atoms with Crippen molar-refractivity contribution < 1.29 is 19.6 Å². The Labute approximate surface area is 288 Å². The minimum absolute atomic E-state index is 0.0205. The third-order valence-corrected chi connectivity index (χ3v) is 8.37. The van der Waals surface area contributed by atoms with Crippen LogP contribution in [0.4, 0.5) is 27.7 Å². The van der Waals surface area contributed by atoms with E-state index in [9.17, 15) is 20.0 Å². The summed E-state index contributed by atoms with van der Waals surface area (Å²) in [5.74, 6) is 0.809. The molecule has 0 spiro atoms. The number of azo groups is 1. The number of non-ortho nitro benzene ring substituents is 1. The molecule has 1 fully saturated rings. The van der Waals surface area contributed by atoms with Gasteiger partial charge in [0.2, 0.25) is 0 Å². The third-order valence-electron chi connectivity index (χ3n) is 8.37. The van der Waals surface area contributed by atoms with Gasteiger partial charge in [0.05, 0.1) is 10.6 Å². The number of aliphatic hydroxyl groups excluding tert-OH is 1. The highest BCUT2D eigenvalue weighted by molar-refractivity contribution is 5.74. The van der Waals surface area contributed by atoms with Crippen LogP contribution in [0.1, 0.15) is 63.9 Å². The summed E-state index contributed by atoms with van der Waals surface area (Å²) in [6.45, 7) is 5.71. The summed E-state index contributed by atoms with van der Waals surface area (Å²) in [6, 6.07) is 17.9. The lowest BCUT2D eigenvalue weighted by atomic mass is 10.0. The van der Waals surface area contributed by atoms with Gasteiger partial charge in [-0.15, -0.1) is 10.2 Å². The Morgan fingerprint density at radius 2 is 1.76 bits per heavy atom. The van der Waals surface area contributed by atoms with Gasteiger partial charge in [0.15, 0.2) is 5.82 Å². The minimum Gasteiger partial charge on any atom is -0.491 e. The molecule has 0 unspecified atom stereocenters. The van der Waals surface area contributed by atoms with Gasteiger partial charge in [-0.3, -0.25) is 10.1 Å². The predicted octanol–water partition coefficient (Wildman–Crippen LogP) is 6.92. The average molecular weight is 675 g/mol. The first kappa shape index (κ1) is 37.2. The topological polar surface area (TPSA) is 167 Å². The zero-order valence-electron chi connectivity index (χ0n) is 28.4. The van der Waals surface area contributed by atoms with Crippen LogP contribution >= 0.6 is 0 Å². The van der Waals surface area contributed by atoms with Gasteiger partial charge < -0.3 is 30.7 Å². The van der Waals surface area contributed by atoms with Gasteiger partial charge in [0.25, 0.3) is 5.69 Å². The number of aromatic nitrogens is 1. The number of urea groups is 1. The molecule has 13 heteroatoms. The van der Waals surface area contributed by atoms with E-state index < -0.39 is 11.0 Å². The van der Waals surface area contributed by atoms with Crippen LogP contribution in [-0.4, -0.2) is 77.4 Å². The van der Waals surface area contributed by atoms with E-state index >= 15 is 0 Å². The summed E-state index contributed by atoms with van der Waals surface area (Å²) in [5.41, 5.74) is 2.73. The van der Waals surface area contributed by atoms with Crippen LogP contribution in [0, 0.1) is 10.1 Å². The Bertz CT molecular complexity index is 1450. The first-order chi connectivity index (χ1) is 23.9. The van der Waals surface area contributed by atoms with E-state index in [1.54, 1.807) is 12.1 Å². The number of pyridine rings is 1. The summed E-state index contributed by atoms with van der Waals surface area (Å²) in [4.78, 5) is 28.9. The first-order valence-corrected chi connectivity index (χ1v) is 17.4. The minimum atomic E-state index is -0.706. The van der Waals surface area contributed by atoms with Crippen LogP contribution in [0.15, 0.2) is 77.1 Å². The zero-order valence-corrected chi connectivity index (χ0v) is 28.4. The standard InChI is InChI=1S/C36H50N8O5/c1-2-3-4-5-6-7-20-39-36(46)43-23-18-30(19-24-43)40-29-10-8-28(9-11-29)16-21-37-26-33(45)27-49-34-17-22-38-35(25-34)42-41-31-12-14-32(15-13-31)44(47)48/h8-15,17,22,25,30,33,37,40,45H,2-7,16,18-21,23-24,26-27H2,1H3,(H,39,46)/t33-/m0/s1. The predicted molar refractivity (Wildman–Crippen MR) is 191 cm³/mol. The van der Waals surface area contributed by atoms with E-state index in [1.165, 1.54) is 68.1 Å². The number of piperidine rings is 1. The molecule has 2 aromatic carbocycles. The molecule has 3 aromatic rings. The van der Waals surface area contributed by atoms with Crippen molar-refractivity contribution >= 4 is 28.9 Å². The van der Waals surface area contributed by atoms with Gasteiger partial charge in [-0.2, -0.15) is 0 Å². The number of hydrogen-bond acceptors (Lipinski definition) is 10.